The number of nitrogens with zero attached hydrogens (tertiary/aromatic N) is 2. The lowest BCUT2D eigenvalue weighted by Gasteiger charge is -2.32. The molecule has 7 nitrogen and oxygen atoms in total. The van der Waals surface area contributed by atoms with Crippen LogP contribution in [0, 0.1) is 0 Å². The number of hydrogen-bond acceptors (Lipinski definition) is 4. The molecule has 0 bridgehead atoms. The highest BCUT2D eigenvalue weighted by Gasteiger charge is 2.24. The molecule has 1 fully saturated rings. The highest BCUT2D eigenvalue weighted by molar-refractivity contribution is 7.89. The van der Waals surface area contributed by atoms with Crippen LogP contribution < -0.4 is 10.4 Å². The Morgan fingerprint density at radius 3 is 2.60 bits per heavy atom. The largest absolute Gasteiger partial charge is 0.326 e. The Labute approximate surface area is 184 Å². The molecular formula is C20H22Cl2N4O3S. The van der Waals surface area contributed by atoms with Crippen LogP contribution in [0.3, 0.4) is 0 Å². The number of rotatable bonds is 6. The molecule has 0 unspecified atom stereocenters. The lowest BCUT2D eigenvalue weighted by molar-refractivity contribution is 0.190. The molecule has 1 aliphatic rings. The third-order valence-electron chi connectivity index (χ3n) is 5.45. The van der Waals surface area contributed by atoms with Crippen LogP contribution in [0.25, 0.3) is 11.0 Å². The molecule has 2 heterocycles. The molecule has 0 saturated carbocycles. The number of H-pyrrole nitrogens is 1. The van der Waals surface area contributed by atoms with Gasteiger partial charge in [-0.2, -0.15) is 0 Å². The summed E-state index contributed by atoms with van der Waals surface area (Å²) < 4.78 is 29.4. The number of halogens is 2. The average Bonchev–Trinajstić information content (AvgIpc) is 3.06. The standard InChI is InChI=1S/C20H22Cl2N4O3S/c21-14-5-6-16(22)19(13-14)30(28,29)23-9-12-25-10-7-15(8-11-25)26-18-4-2-1-3-17(18)24-20(26)27/h1-6,13,15,23H,7-12H2,(H,24,27). The van der Waals surface area contributed by atoms with Crippen molar-refractivity contribution in [1.29, 1.82) is 0 Å². The molecule has 10 heteroatoms. The Hall–Kier alpha value is -1.84. The fourth-order valence-corrected chi connectivity index (χ4v) is 5.72. The van der Waals surface area contributed by atoms with E-state index in [2.05, 4.69) is 14.6 Å². The number of nitrogens with one attached hydrogen (secondary N) is 2. The minimum atomic E-state index is -3.73. The second-order valence-electron chi connectivity index (χ2n) is 7.36. The first-order valence-corrected chi connectivity index (χ1v) is 12.0. The first-order valence-electron chi connectivity index (χ1n) is 9.71. The quantitative estimate of drug-likeness (QED) is 0.581. The van der Waals surface area contributed by atoms with Crippen LogP contribution in [0.1, 0.15) is 18.9 Å². The van der Waals surface area contributed by atoms with E-state index in [1.54, 1.807) is 6.07 Å². The van der Waals surface area contributed by atoms with E-state index < -0.39 is 10.0 Å². The Morgan fingerprint density at radius 1 is 1.10 bits per heavy atom. The highest BCUT2D eigenvalue weighted by Crippen LogP contribution is 2.26. The molecule has 0 amide bonds. The molecule has 3 aromatic rings. The molecule has 160 valence electrons. The van der Waals surface area contributed by atoms with E-state index in [4.69, 9.17) is 23.2 Å². The topological polar surface area (TPSA) is 87.2 Å². The summed E-state index contributed by atoms with van der Waals surface area (Å²) in [6.45, 7) is 2.42. The van der Waals surface area contributed by atoms with Crippen LogP contribution in [0.5, 0.6) is 0 Å². The fraction of sp³-hybridized carbons (Fsp3) is 0.350. The number of aromatic amines is 1. The van der Waals surface area contributed by atoms with Gasteiger partial charge in [-0.25, -0.2) is 17.9 Å². The molecule has 4 rings (SSSR count). The summed E-state index contributed by atoms with van der Waals surface area (Å²) in [4.78, 5) is 17.5. The van der Waals surface area contributed by atoms with E-state index in [1.165, 1.54) is 12.1 Å². The summed E-state index contributed by atoms with van der Waals surface area (Å²) in [5, 5.41) is 0.450. The zero-order chi connectivity index (χ0) is 21.3. The highest BCUT2D eigenvalue weighted by atomic mass is 35.5. The Kier molecular flexibility index (Phi) is 6.22. The first-order chi connectivity index (χ1) is 14.3. The third kappa shape index (κ3) is 4.43. The van der Waals surface area contributed by atoms with Crippen molar-refractivity contribution in [1.82, 2.24) is 19.2 Å². The van der Waals surface area contributed by atoms with Crippen molar-refractivity contribution in [2.75, 3.05) is 26.2 Å². The zero-order valence-corrected chi connectivity index (χ0v) is 18.5. The summed E-state index contributed by atoms with van der Waals surface area (Å²) in [5.41, 5.74) is 1.69. The minimum absolute atomic E-state index is 0.0194. The number of fused-ring (bicyclic) bond motifs is 1. The molecule has 0 spiro atoms. The molecular weight excluding hydrogens is 447 g/mol. The summed E-state index contributed by atoms with van der Waals surface area (Å²) in [6.07, 6.45) is 1.66. The van der Waals surface area contributed by atoms with Gasteiger partial charge in [0.25, 0.3) is 0 Å². The van der Waals surface area contributed by atoms with Gasteiger partial charge in [-0.1, -0.05) is 35.3 Å². The predicted octanol–water partition coefficient (Wildman–Crippen LogP) is 3.25. The number of benzene rings is 2. The summed E-state index contributed by atoms with van der Waals surface area (Å²) in [7, 11) is -3.73. The van der Waals surface area contributed by atoms with Crippen LogP contribution in [0.4, 0.5) is 0 Å². The van der Waals surface area contributed by atoms with E-state index in [0.717, 1.165) is 37.0 Å². The van der Waals surface area contributed by atoms with Gasteiger partial charge in [0.05, 0.1) is 16.1 Å². The molecule has 0 aliphatic carbocycles. The first kappa shape index (κ1) is 21.4. The zero-order valence-electron chi connectivity index (χ0n) is 16.1. The van der Waals surface area contributed by atoms with E-state index >= 15 is 0 Å². The summed E-state index contributed by atoms with van der Waals surface area (Å²) in [6, 6.07) is 12.2. The van der Waals surface area contributed by atoms with Gasteiger partial charge in [0.15, 0.2) is 0 Å². The van der Waals surface area contributed by atoms with Gasteiger partial charge in [0.1, 0.15) is 4.90 Å². The van der Waals surface area contributed by atoms with Crippen LogP contribution in [0.15, 0.2) is 52.2 Å². The lowest BCUT2D eigenvalue weighted by atomic mass is 10.0. The van der Waals surface area contributed by atoms with Crippen molar-refractivity contribution in [2.24, 2.45) is 0 Å². The summed E-state index contributed by atoms with van der Waals surface area (Å²) >= 11 is 11.9. The van der Waals surface area contributed by atoms with E-state index in [9.17, 15) is 13.2 Å². The summed E-state index contributed by atoms with van der Waals surface area (Å²) in [5.74, 6) is 0. The molecule has 0 radical (unpaired) electrons. The fourth-order valence-electron chi connectivity index (χ4n) is 3.94. The lowest BCUT2D eigenvalue weighted by Crippen LogP contribution is -2.41. The van der Waals surface area contributed by atoms with E-state index in [1.807, 2.05) is 28.8 Å². The predicted molar refractivity (Wildman–Crippen MR) is 119 cm³/mol. The van der Waals surface area contributed by atoms with Gasteiger partial charge in [-0.05, 0) is 43.2 Å². The maximum Gasteiger partial charge on any atom is 0.326 e. The number of hydrogen-bond donors (Lipinski definition) is 2. The maximum absolute atomic E-state index is 12.5. The van der Waals surface area contributed by atoms with Gasteiger partial charge in [0, 0.05) is 37.2 Å². The molecule has 0 atom stereocenters. The molecule has 1 aliphatic heterocycles. The molecule has 1 aromatic heterocycles. The maximum atomic E-state index is 12.5. The van der Waals surface area contributed by atoms with Crippen molar-refractivity contribution in [3.8, 4) is 0 Å². The smallest absolute Gasteiger partial charge is 0.306 e. The van der Waals surface area contributed by atoms with E-state index in [-0.39, 0.29) is 28.2 Å². The number of aromatic nitrogens is 2. The molecule has 30 heavy (non-hydrogen) atoms. The normalized spacial score (nSPS) is 16.3. The number of sulfonamides is 1. The number of piperidine rings is 1. The van der Waals surface area contributed by atoms with Gasteiger partial charge in [0.2, 0.25) is 10.0 Å². The van der Waals surface area contributed by atoms with Gasteiger partial charge >= 0.3 is 5.69 Å². The SMILES string of the molecule is O=c1[nH]c2ccccc2n1C1CCN(CCNS(=O)(=O)c2cc(Cl)ccc2Cl)CC1. The third-order valence-corrected chi connectivity index (χ3v) is 7.63. The van der Waals surface area contributed by atoms with Crippen molar-refractivity contribution < 1.29 is 8.42 Å². The minimum Gasteiger partial charge on any atom is -0.306 e. The van der Waals surface area contributed by atoms with E-state index in [0.29, 0.717) is 11.6 Å². The Morgan fingerprint density at radius 2 is 1.83 bits per heavy atom. The second kappa shape index (κ2) is 8.72. The number of para-hydroxylation sites is 2. The molecule has 2 N–H and O–H groups in total. The second-order valence-corrected chi connectivity index (χ2v) is 9.94. The molecule has 2 aromatic carbocycles. The van der Waals surface area contributed by atoms with Gasteiger partial charge in [-0.15, -0.1) is 0 Å². The number of imidazole rings is 1. The average molecular weight is 469 g/mol. The van der Waals surface area contributed by atoms with Crippen molar-refractivity contribution in [3.05, 3.63) is 63.0 Å². The molecule has 1 saturated heterocycles. The van der Waals surface area contributed by atoms with Crippen LogP contribution >= 0.6 is 23.2 Å². The van der Waals surface area contributed by atoms with Crippen LogP contribution in [-0.2, 0) is 10.0 Å². The van der Waals surface area contributed by atoms with Gasteiger partial charge < -0.3 is 9.88 Å². The van der Waals surface area contributed by atoms with Crippen molar-refractivity contribution >= 4 is 44.3 Å². The van der Waals surface area contributed by atoms with Crippen molar-refractivity contribution in [2.45, 2.75) is 23.8 Å². The van der Waals surface area contributed by atoms with Crippen LogP contribution in [0.2, 0.25) is 10.0 Å². The number of likely N-dealkylation sites (tertiary alicyclic amines) is 1. The Balaban J connectivity index is 1.34. The Bertz CT molecular complexity index is 1210. The monoisotopic (exact) mass is 468 g/mol. The van der Waals surface area contributed by atoms with Gasteiger partial charge in [-0.3, -0.25) is 4.57 Å². The van der Waals surface area contributed by atoms with Crippen molar-refractivity contribution in [3.63, 3.8) is 0 Å². The van der Waals surface area contributed by atoms with Crippen LogP contribution in [-0.4, -0.2) is 49.0 Å².